The molecule has 0 fully saturated rings. The van der Waals surface area contributed by atoms with Crippen LogP contribution >= 0.6 is 0 Å². The molecule has 0 radical (unpaired) electrons. The zero-order valence-corrected chi connectivity index (χ0v) is 10.9. The molecule has 108 valence electrons. The Balaban J connectivity index is 2.46. The molecule has 1 rings (SSSR count). The quantitative estimate of drug-likeness (QED) is 0.574. The molecule has 1 aromatic rings. The number of nitrogens with two attached hydrogens (primary N) is 1. The van der Waals surface area contributed by atoms with Crippen LogP contribution in [0.3, 0.4) is 0 Å². The van der Waals surface area contributed by atoms with Crippen molar-refractivity contribution >= 4 is 17.9 Å². The van der Waals surface area contributed by atoms with Crippen LogP contribution in [0.5, 0.6) is 0 Å². The van der Waals surface area contributed by atoms with Gasteiger partial charge in [-0.15, -0.1) is 0 Å². The molecule has 0 saturated heterocycles. The predicted octanol–water partition coefficient (Wildman–Crippen LogP) is -0.157. The number of carboxylic acid groups (broad SMARTS) is 1. The number of carbonyl (C=O) groups excluding carboxylic acids is 2. The van der Waals surface area contributed by atoms with Gasteiger partial charge >= 0.3 is 12.0 Å². The molecule has 0 aromatic carbocycles. The van der Waals surface area contributed by atoms with E-state index in [4.69, 9.17) is 10.8 Å². The Morgan fingerprint density at radius 1 is 1.45 bits per heavy atom. The van der Waals surface area contributed by atoms with E-state index in [1.54, 1.807) is 6.92 Å². The van der Waals surface area contributed by atoms with Crippen molar-refractivity contribution in [3.8, 4) is 0 Å². The van der Waals surface area contributed by atoms with Gasteiger partial charge in [-0.3, -0.25) is 9.78 Å². The van der Waals surface area contributed by atoms with Crippen LogP contribution in [0.1, 0.15) is 29.4 Å². The van der Waals surface area contributed by atoms with Crippen LogP contribution in [0.15, 0.2) is 18.3 Å². The van der Waals surface area contributed by atoms with E-state index in [1.807, 2.05) is 0 Å². The summed E-state index contributed by atoms with van der Waals surface area (Å²) in [6, 6.07) is 1.86. The molecule has 0 aliphatic carbocycles. The lowest BCUT2D eigenvalue weighted by molar-refractivity contribution is -0.118. The van der Waals surface area contributed by atoms with Gasteiger partial charge in [-0.25, -0.2) is 9.59 Å². The van der Waals surface area contributed by atoms with Gasteiger partial charge in [-0.1, -0.05) is 0 Å². The minimum Gasteiger partial charge on any atom is -0.478 e. The van der Waals surface area contributed by atoms with Crippen molar-refractivity contribution in [3.05, 3.63) is 29.6 Å². The first kappa shape index (κ1) is 15.4. The van der Waals surface area contributed by atoms with E-state index in [9.17, 15) is 14.4 Å². The highest BCUT2D eigenvalue weighted by Crippen LogP contribution is 2.01. The molecule has 1 heterocycles. The van der Waals surface area contributed by atoms with Gasteiger partial charge in [0.25, 0.3) is 0 Å². The van der Waals surface area contributed by atoms with E-state index in [0.29, 0.717) is 5.69 Å². The standard InChI is InChI=1S/C12H16N4O4/c1-7(4-10(13)17)16-12(20)15-6-9-5-8(11(18)19)2-3-14-9/h2-3,5,7H,4,6H2,1H3,(H2,13,17)(H,18,19)(H2,15,16,20). The number of primary amides is 1. The molecule has 5 N–H and O–H groups in total. The van der Waals surface area contributed by atoms with E-state index >= 15 is 0 Å². The second-order valence-corrected chi connectivity index (χ2v) is 4.24. The fourth-order valence-corrected chi connectivity index (χ4v) is 1.51. The molecule has 1 atom stereocenters. The Labute approximate surface area is 115 Å². The number of carbonyl (C=O) groups is 3. The predicted molar refractivity (Wildman–Crippen MR) is 69.8 cm³/mol. The van der Waals surface area contributed by atoms with E-state index in [1.165, 1.54) is 18.3 Å². The maximum Gasteiger partial charge on any atom is 0.335 e. The molecule has 8 heteroatoms. The van der Waals surface area contributed by atoms with Crippen molar-refractivity contribution in [2.75, 3.05) is 0 Å². The molecule has 0 aliphatic heterocycles. The maximum absolute atomic E-state index is 11.5. The molecule has 0 saturated carbocycles. The number of aromatic nitrogens is 1. The summed E-state index contributed by atoms with van der Waals surface area (Å²) in [5, 5.41) is 13.9. The third kappa shape index (κ3) is 5.34. The lowest BCUT2D eigenvalue weighted by Gasteiger charge is -2.12. The first-order valence-electron chi connectivity index (χ1n) is 5.89. The summed E-state index contributed by atoms with van der Waals surface area (Å²) < 4.78 is 0. The summed E-state index contributed by atoms with van der Waals surface area (Å²) in [6.07, 6.45) is 1.40. The summed E-state index contributed by atoms with van der Waals surface area (Å²) in [5.74, 6) is -1.57. The highest BCUT2D eigenvalue weighted by molar-refractivity contribution is 5.87. The zero-order chi connectivity index (χ0) is 15.1. The second-order valence-electron chi connectivity index (χ2n) is 4.24. The van der Waals surface area contributed by atoms with Crippen molar-refractivity contribution in [2.45, 2.75) is 25.9 Å². The van der Waals surface area contributed by atoms with Crippen molar-refractivity contribution in [1.29, 1.82) is 0 Å². The average molecular weight is 280 g/mol. The first-order valence-corrected chi connectivity index (χ1v) is 5.89. The molecule has 3 amide bonds. The van der Waals surface area contributed by atoms with E-state index in [0.717, 1.165) is 0 Å². The number of amides is 3. The molecule has 0 aliphatic rings. The summed E-state index contributed by atoms with van der Waals surface area (Å²) in [7, 11) is 0. The molecular weight excluding hydrogens is 264 g/mol. The summed E-state index contributed by atoms with van der Waals surface area (Å²) in [4.78, 5) is 36.9. The Kier molecular flexibility index (Phi) is 5.45. The molecule has 8 nitrogen and oxygen atoms in total. The number of rotatable bonds is 6. The Morgan fingerprint density at radius 3 is 2.75 bits per heavy atom. The zero-order valence-electron chi connectivity index (χ0n) is 10.9. The molecule has 0 bridgehead atoms. The molecule has 0 spiro atoms. The highest BCUT2D eigenvalue weighted by atomic mass is 16.4. The van der Waals surface area contributed by atoms with Crippen molar-refractivity contribution in [1.82, 2.24) is 15.6 Å². The van der Waals surface area contributed by atoms with E-state index in [2.05, 4.69) is 15.6 Å². The number of nitrogens with zero attached hydrogens (tertiary/aromatic N) is 1. The Bertz CT molecular complexity index is 518. The van der Waals surface area contributed by atoms with Crippen LogP contribution < -0.4 is 16.4 Å². The highest BCUT2D eigenvalue weighted by Gasteiger charge is 2.10. The summed E-state index contributed by atoms with van der Waals surface area (Å²) in [6.45, 7) is 1.73. The van der Waals surface area contributed by atoms with Crippen LogP contribution in [-0.4, -0.2) is 34.0 Å². The van der Waals surface area contributed by atoms with Crippen LogP contribution in [0, 0.1) is 0 Å². The van der Waals surface area contributed by atoms with Gasteiger partial charge in [0.05, 0.1) is 17.8 Å². The smallest absolute Gasteiger partial charge is 0.335 e. The number of carboxylic acids is 1. The molecule has 1 unspecified atom stereocenters. The number of aromatic carboxylic acids is 1. The number of hydrogen-bond acceptors (Lipinski definition) is 4. The summed E-state index contributed by atoms with van der Waals surface area (Å²) in [5.41, 5.74) is 5.52. The van der Waals surface area contributed by atoms with Crippen molar-refractivity contribution in [3.63, 3.8) is 0 Å². The van der Waals surface area contributed by atoms with Gasteiger partial charge in [0.15, 0.2) is 0 Å². The third-order valence-corrected chi connectivity index (χ3v) is 2.38. The molecule has 20 heavy (non-hydrogen) atoms. The molecular formula is C12H16N4O4. The fourth-order valence-electron chi connectivity index (χ4n) is 1.51. The fraction of sp³-hybridized carbons (Fsp3) is 0.333. The third-order valence-electron chi connectivity index (χ3n) is 2.38. The number of nitrogens with one attached hydrogen (secondary N) is 2. The van der Waals surface area contributed by atoms with Gasteiger partial charge in [0, 0.05) is 18.7 Å². The topological polar surface area (TPSA) is 134 Å². The lowest BCUT2D eigenvalue weighted by atomic mass is 10.2. The number of hydrogen-bond donors (Lipinski definition) is 4. The van der Waals surface area contributed by atoms with Crippen LogP contribution in [-0.2, 0) is 11.3 Å². The minimum atomic E-state index is -1.06. The van der Waals surface area contributed by atoms with Crippen molar-refractivity contribution in [2.24, 2.45) is 5.73 Å². The van der Waals surface area contributed by atoms with Crippen LogP contribution in [0.4, 0.5) is 4.79 Å². The lowest BCUT2D eigenvalue weighted by Crippen LogP contribution is -2.42. The average Bonchev–Trinajstić information content (AvgIpc) is 2.35. The SMILES string of the molecule is CC(CC(N)=O)NC(=O)NCc1cc(C(=O)O)ccn1. The first-order chi connectivity index (χ1) is 9.38. The van der Waals surface area contributed by atoms with Crippen LogP contribution in [0.25, 0.3) is 0 Å². The van der Waals surface area contributed by atoms with Crippen molar-refractivity contribution < 1.29 is 19.5 Å². The monoisotopic (exact) mass is 280 g/mol. The van der Waals surface area contributed by atoms with Gasteiger partial charge in [-0.2, -0.15) is 0 Å². The second kappa shape index (κ2) is 7.07. The van der Waals surface area contributed by atoms with Gasteiger partial charge in [0.1, 0.15) is 0 Å². The summed E-state index contributed by atoms with van der Waals surface area (Å²) >= 11 is 0. The van der Waals surface area contributed by atoms with Crippen LogP contribution in [0.2, 0.25) is 0 Å². The number of pyridine rings is 1. The normalized spacial score (nSPS) is 11.4. The van der Waals surface area contributed by atoms with E-state index in [-0.39, 0.29) is 24.6 Å². The Morgan fingerprint density at radius 2 is 2.15 bits per heavy atom. The maximum atomic E-state index is 11.5. The number of urea groups is 1. The van der Waals surface area contributed by atoms with Gasteiger partial charge in [-0.05, 0) is 19.1 Å². The largest absolute Gasteiger partial charge is 0.478 e. The minimum absolute atomic E-state index is 0.0418. The van der Waals surface area contributed by atoms with Gasteiger partial charge in [0.2, 0.25) is 5.91 Å². The molecule has 1 aromatic heterocycles. The Hall–Kier alpha value is -2.64. The van der Waals surface area contributed by atoms with Gasteiger partial charge < -0.3 is 21.5 Å². The van der Waals surface area contributed by atoms with E-state index < -0.39 is 17.9 Å².